The third-order valence-electron chi connectivity index (χ3n) is 3.26. The smallest absolute Gasteiger partial charge is 0.224 e. The molecule has 1 aromatic rings. The number of methoxy groups -OCH3 is 1. The van der Waals surface area contributed by atoms with E-state index in [-0.39, 0.29) is 5.91 Å². The van der Waals surface area contributed by atoms with Crippen LogP contribution in [0.2, 0.25) is 0 Å². The molecule has 1 aromatic carbocycles. The number of rotatable bonds is 5. The van der Waals surface area contributed by atoms with E-state index < -0.39 is 0 Å². The molecular weight excluding hydrogens is 226 g/mol. The third kappa shape index (κ3) is 3.25. The Balaban J connectivity index is 2.94. The fraction of sp³-hybridized carbons (Fsp3) is 0.533. The van der Waals surface area contributed by atoms with E-state index in [9.17, 15) is 4.79 Å². The number of hydrogen-bond acceptors (Lipinski definition) is 2. The van der Waals surface area contributed by atoms with E-state index in [1.807, 2.05) is 33.8 Å². The molecule has 0 unspecified atom stereocenters. The van der Waals surface area contributed by atoms with Gasteiger partial charge in [-0.2, -0.15) is 0 Å². The highest BCUT2D eigenvalue weighted by Crippen LogP contribution is 2.28. The van der Waals surface area contributed by atoms with Crippen LogP contribution in [0.5, 0.6) is 5.75 Å². The summed E-state index contributed by atoms with van der Waals surface area (Å²) < 4.78 is 5.38. The van der Waals surface area contributed by atoms with Gasteiger partial charge in [0.15, 0.2) is 0 Å². The lowest BCUT2D eigenvalue weighted by molar-refractivity contribution is -0.120. The average Bonchev–Trinajstić information content (AvgIpc) is 2.33. The van der Waals surface area contributed by atoms with Crippen LogP contribution < -0.4 is 10.1 Å². The van der Waals surface area contributed by atoms with Gasteiger partial charge in [-0.3, -0.25) is 4.79 Å². The summed E-state index contributed by atoms with van der Waals surface area (Å²) in [6.45, 7) is 8.88. The number of carbonyl (C=O) groups is 1. The van der Waals surface area contributed by atoms with Crippen LogP contribution in [-0.4, -0.2) is 19.6 Å². The van der Waals surface area contributed by atoms with Gasteiger partial charge in [0.1, 0.15) is 5.75 Å². The number of carbonyl (C=O) groups excluding carboxylic acids is 1. The molecule has 0 aliphatic rings. The molecule has 100 valence electrons. The van der Waals surface area contributed by atoms with Gasteiger partial charge in [-0.05, 0) is 49.4 Å². The molecule has 3 nitrogen and oxygen atoms in total. The van der Waals surface area contributed by atoms with Crippen molar-refractivity contribution >= 4 is 5.91 Å². The van der Waals surface area contributed by atoms with E-state index in [2.05, 4.69) is 5.32 Å². The van der Waals surface area contributed by atoms with Gasteiger partial charge in [0.2, 0.25) is 5.91 Å². The van der Waals surface area contributed by atoms with Crippen LogP contribution in [0, 0.1) is 20.8 Å². The van der Waals surface area contributed by atoms with E-state index in [4.69, 9.17) is 4.74 Å². The Bertz CT molecular complexity index is 439. The predicted octanol–water partition coefficient (Wildman–Crippen LogP) is 2.69. The van der Waals surface area contributed by atoms with Gasteiger partial charge in [0, 0.05) is 6.54 Å². The topological polar surface area (TPSA) is 38.3 Å². The van der Waals surface area contributed by atoms with Crippen LogP contribution in [0.3, 0.4) is 0 Å². The second-order valence-electron chi connectivity index (χ2n) is 4.66. The number of nitrogens with one attached hydrogen (secondary N) is 1. The number of aryl methyl sites for hydroxylation is 1. The molecule has 1 amide bonds. The number of benzene rings is 1. The molecule has 0 aliphatic heterocycles. The van der Waals surface area contributed by atoms with Crippen molar-refractivity contribution in [2.75, 3.05) is 13.7 Å². The van der Waals surface area contributed by atoms with Crippen molar-refractivity contribution in [2.24, 2.45) is 0 Å². The van der Waals surface area contributed by atoms with E-state index in [0.717, 1.165) is 41.0 Å². The minimum atomic E-state index is 0.0870. The SMILES string of the molecule is CCCNC(=O)Cc1cc(C)c(OC)c(C)c1C. The summed E-state index contributed by atoms with van der Waals surface area (Å²) in [5.41, 5.74) is 4.43. The first-order valence-corrected chi connectivity index (χ1v) is 6.41. The number of amides is 1. The lowest BCUT2D eigenvalue weighted by Crippen LogP contribution is -2.26. The Kier molecular flexibility index (Phi) is 5.20. The first-order valence-electron chi connectivity index (χ1n) is 6.41. The first kappa shape index (κ1) is 14.6. The Labute approximate surface area is 110 Å². The molecular formula is C15H23NO2. The summed E-state index contributed by atoms with van der Waals surface area (Å²) in [5.74, 6) is 1.01. The average molecular weight is 249 g/mol. The van der Waals surface area contributed by atoms with Crippen molar-refractivity contribution in [3.63, 3.8) is 0 Å². The monoisotopic (exact) mass is 249 g/mol. The Morgan fingerprint density at radius 1 is 1.28 bits per heavy atom. The second kappa shape index (κ2) is 6.43. The Hall–Kier alpha value is -1.51. The summed E-state index contributed by atoms with van der Waals surface area (Å²) >= 11 is 0. The van der Waals surface area contributed by atoms with Gasteiger partial charge >= 0.3 is 0 Å². The minimum absolute atomic E-state index is 0.0870. The zero-order valence-corrected chi connectivity index (χ0v) is 12.0. The molecule has 0 saturated heterocycles. The standard InChI is InChI=1S/C15H23NO2/c1-6-7-16-14(17)9-13-8-10(2)15(18-5)12(4)11(13)3/h8H,6-7,9H2,1-5H3,(H,16,17). The summed E-state index contributed by atoms with van der Waals surface area (Å²) in [6.07, 6.45) is 1.41. The third-order valence-corrected chi connectivity index (χ3v) is 3.26. The Morgan fingerprint density at radius 2 is 1.94 bits per heavy atom. The maximum absolute atomic E-state index is 11.8. The number of hydrogen-bond donors (Lipinski definition) is 1. The molecule has 3 heteroatoms. The largest absolute Gasteiger partial charge is 0.496 e. The molecule has 0 heterocycles. The second-order valence-corrected chi connectivity index (χ2v) is 4.66. The maximum Gasteiger partial charge on any atom is 0.224 e. The molecule has 0 saturated carbocycles. The van der Waals surface area contributed by atoms with Gasteiger partial charge in [-0.25, -0.2) is 0 Å². The lowest BCUT2D eigenvalue weighted by atomic mass is 9.96. The van der Waals surface area contributed by atoms with E-state index >= 15 is 0 Å². The summed E-state index contributed by atoms with van der Waals surface area (Å²) in [6, 6.07) is 2.05. The highest BCUT2D eigenvalue weighted by Gasteiger charge is 2.12. The van der Waals surface area contributed by atoms with Crippen molar-refractivity contribution < 1.29 is 9.53 Å². The Morgan fingerprint density at radius 3 is 2.50 bits per heavy atom. The van der Waals surface area contributed by atoms with Crippen LogP contribution in [-0.2, 0) is 11.2 Å². The summed E-state index contributed by atoms with van der Waals surface area (Å²) in [7, 11) is 1.68. The molecule has 0 atom stereocenters. The van der Waals surface area contributed by atoms with Gasteiger partial charge in [-0.15, -0.1) is 0 Å². The number of ether oxygens (including phenoxy) is 1. The zero-order chi connectivity index (χ0) is 13.7. The van der Waals surface area contributed by atoms with E-state index in [1.54, 1.807) is 7.11 Å². The van der Waals surface area contributed by atoms with Crippen molar-refractivity contribution in [1.82, 2.24) is 5.32 Å². The first-order chi connectivity index (χ1) is 8.51. The summed E-state index contributed by atoms with van der Waals surface area (Å²) in [4.78, 5) is 11.8. The van der Waals surface area contributed by atoms with Crippen LogP contribution in [0.25, 0.3) is 0 Å². The van der Waals surface area contributed by atoms with Crippen molar-refractivity contribution in [3.05, 3.63) is 28.3 Å². The highest BCUT2D eigenvalue weighted by molar-refractivity contribution is 5.79. The predicted molar refractivity (Wildman–Crippen MR) is 74.2 cm³/mol. The normalized spacial score (nSPS) is 10.3. The maximum atomic E-state index is 11.8. The molecule has 0 spiro atoms. The van der Waals surface area contributed by atoms with Crippen molar-refractivity contribution in [2.45, 2.75) is 40.5 Å². The van der Waals surface area contributed by atoms with Crippen LogP contribution in [0.4, 0.5) is 0 Å². The van der Waals surface area contributed by atoms with Crippen molar-refractivity contribution in [3.8, 4) is 5.75 Å². The van der Waals surface area contributed by atoms with Crippen molar-refractivity contribution in [1.29, 1.82) is 0 Å². The van der Waals surface area contributed by atoms with Gasteiger partial charge in [0.25, 0.3) is 0 Å². The van der Waals surface area contributed by atoms with Gasteiger partial charge < -0.3 is 10.1 Å². The van der Waals surface area contributed by atoms with Gasteiger partial charge in [-0.1, -0.05) is 13.0 Å². The summed E-state index contributed by atoms with van der Waals surface area (Å²) in [5, 5.41) is 2.91. The molecule has 0 aromatic heterocycles. The van der Waals surface area contributed by atoms with Gasteiger partial charge in [0.05, 0.1) is 13.5 Å². The zero-order valence-electron chi connectivity index (χ0n) is 12.0. The molecule has 0 fully saturated rings. The molecule has 0 aliphatic carbocycles. The molecule has 1 rings (SSSR count). The van der Waals surface area contributed by atoms with Crippen LogP contribution in [0.15, 0.2) is 6.07 Å². The minimum Gasteiger partial charge on any atom is -0.496 e. The highest BCUT2D eigenvalue weighted by atomic mass is 16.5. The van der Waals surface area contributed by atoms with E-state index in [0.29, 0.717) is 6.42 Å². The fourth-order valence-corrected chi connectivity index (χ4v) is 2.14. The van der Waals surface area contributed by atoms with Crippen LogP contribution >= 0.6 is 0 Å². The molecule has 18 heavy (non-hydrogen) atoms. The van der Waals surface area contributed by atoms with Crippen LogP contribution in [0.1, 0.15) is 35.6 Å². The lowest BCUT2D eigenvalue weighted by Gasteiger charge is -2.15. The quantitative estimate of drug-likeness (QED) is 0.871. The molecule has 1 N–H and O–H groups in total. The molecule has 0 bridgehead atoms. The fourth-order valence-electron chi connectivity index (χ4n) is 2.14. The van der Waals surface area contributed by atoms with E-state index in [1.165, 1.54) is 0 Å². The molecule has 0 radical (unpaired) electrons.